The van der Waals surface area contributed by atoms with E-state index in [1.807, 2.05) is 37.3 Å². The van der Waals surface area contributed by atoms with E-state index in [9.17, 15) is 10.2 Å². The van der Waals surface area contributed by atoms with Gasteiger partial charge in [0.05, 0.1) is 19.3 Å². The van der Waals surface area contributed by atoms with Crippen LogP contribution in [0.25, 0.3) is 21.2 Å². The average molecular weight is 287 g/mol. The van der Waals surface area contributed by atoms with Crippen molar-refractivity contribution >= 4 is 10.8 Å². The summed E-state index contributed by atoms with van der Waals surface area (Å²) in [6.45, 7) is 2.10. The van der Waals surface area contributed by atoms with Gasteiger partial charge in [-0.15, -0.1) is 0 Å². The maximum atomic E-state index is 10.4. The van der Waals surface area contributed by atoms with Crippen molar-refractivity contribution in [3.05, 3.63) is 52.4 Å². The number of fused-ring (bicyclic) bond motifs is 1. The first-order valence-electron chi connectivity index (χ1n) is 6.70. The molecule has 0 bridgehead atoms. The van der Waals surface area contributed by atoms with Crippen molar-refractivity contribution in [3.63, 3.8) is 0 Å². The van der Waals surface area contributed by atoms with Crippen LogP contribution in [-0.2, 0) is 0 Å². The lowest BCUT2D eigenvalue weighted by Crippen LogP contribution is -2.22. The van der Waals surface area contributed by atoms with Crippen molar-refractivity contribution in [1.82, 2.24) is 0 Å². The Balaban J connectivity index is 2.52. The lowest BCUT2D eigenvalue weighted by Gasteiger charge is -2.21. The Bertz CT molecular complexity index is 668. The molecule has 0 aliphatic rings. The van der Waals surface area contributed by atoms with Crippen molar-refractivity contribution in [3.8, 4) is 5.75 Å². The molecule has 0 aromatic heterocycles. The van der Waals surface area contributed by atoms with Gasteiger partial charge in [0.25, 0.3) is 0 Å². The van der Waals surface area contributed by atoms with Crippen molar-refractivity contribution in [2.45, 2.75) is 19.1 Å². The molecule has 6 heteroatoms. The highest BCUT2D eigenvalue weighted by Gasteiger charge is 2.23. The maximum absolute atomic E-state index is 10.4. The first-order chi connectivity index (χ1) is 10.2. The standard InChI is InChI=1S/C15H17N3O3/c1-2-21-13-8-7-10-5-3-4-6-11(10)14(13)15(20)12(19)9-17-18-16/h3-8,12,15,19-20H,2,9H2,1H3. The largest absolute Gasteiger partial charge is 0.493 e. The highest BCUT2D eigenvalue weighted by atomic mass is 16.5. The third-order valence-corrected chi connectivity index (χ3v) is 3.22. The van der Waals surface area contributed by atoms with Crippen LogP contribution in [-0.4, -0.2) is 29.5 Å². The molecule has 2 unspecified atom stereocenters. The third kappa shape index (κ3) is 3.25. The summed E-state index contributed by atoms with van der Waals surface area (Å²) < 4.78 is 5.55. The van der Waals surface area contributed by atoms with Gasteiger partial charge in [-0.25, -0.2) is 0 Å². The highest BCUT2D eigenvalue weighted by Crippen LogP contribution is 2.34. The van der Waals surface area contributed by atoms with Gasteiger partial charge < -0.3 is 14.9 Å². The fourth-order valence-electron chi connectivity index (χ4n) is 2.27. The van der Waals surface area contributed by atoms with Gasteiger partial charge in [-0.3, -0.25) is 0 Å². The fraction of sp³-hybridized carbons (Fsp3) is 0.333. The molecule has 0 amide bonds. The molecule has 21 heavy (non-hydrogen) atoms. The SMILES string of the molecule is CCOc1ccc2ccccc2c1C(O)C(O)CN=[N+]=[N-]. The van der Waals surface area contributed by atoms with E-state index in [4.69, 9.17) is 10.3 Å². The van der Waals surface area contributed by atoms with Gasteiger partial charge in [-0.2, -0.15) is 0 Å². The Hall–Kier alpha value is -2.27. The van der Waals surface area contributed by atoms with Crippen molar-refractivity contribution in [1.29, 1.82) is 0 Å². The number of aliphatic hydroxyl groups is 2. The number of benzene rings is 2. The van der Waals surface area contributed by atoms with Crippen LogP contribution >= 0.6 is 0 Å². The Morgan fingerprint density at radius 2 is 2.00 bits per heavy atom. The van der Waals surface area contributed by atoms with Crippen molar-refractivity contribution in [2.75, 3.05) is 13.2 Å². The minimum Gasteiger partial charge on any atom is -0.493 e. The maximum Gasteiger partial charge on any atom is 0.125 e. The predicted octanol–water partition coefficient (Wildman–Crippen LogP) is 2.94. The Morgan fingerprint density at radius 3 is 2.71 bits per heavy atom. The first kappa shape index (κ1) is 15.1. The molecule has 2 N–H and O–H groups in total. The first-order valence-corrected chi connectivity index (χ1v) is 6.70. The summed E-state index contributed by atoms with van der Waals surface area (Å²) in [6, 6.07) is 11.2. The van der Waals surface area contributed by atoms with E-state index in [1.54, 1.807) is 6.07 Å². The van der Waals surface area contributed by atoms with Crippen LogP contribution in [0.4, 0.5) is 0 Å². The highest BCUT2D eigenvalue weighted by molar-refractivity contribution is 5.88. The lowest BCUT2D eigenvalue weighted by molar-refractivity contribution is 0.0236. The summed E-state index contributed by atoms with van der Waals surface area (Å²) in [6.07, 6.45) is -2.38. The molecule has 0 fully saturated rings. The second-order valence-corrected chi connectivity index (χ2v) is 4.56. The zero-order valence-corrected chi connectivity index (χ0v) is 11.7. The number of aliphatic hydroxyl groups excluding tert-OH is 2. The van der Waals surface area contributed by atoms with Gasteiger partial charge in [-0.05, 0) is 29.3 Å². The molecule has 0 spiro atoms. The summed E-state index contributed by atoms with van der Waals surface area (Å²) in [5, 5.41) is 25.4. The van der Waals surface area contributed by atoms with Crippen LogP contribution < -0.4 is 4.74 Å². The molecule has 0 heterocycles. The van der Waals surface area contributed by atoms with E-state index in [-0.39, 0.29) is 6.54 Å². The molecule has 2 atom stereocenters. The van der Waals surface area contributed by atoms with E-state index >= 15 is 0 Å². The van der Waals surface area contributed by atoms with Gasteiger partial charge in [0.1, 0.15) is 11.9 Å². The predicted molar refractivity (Wildman–Crippen MR) is 80.1 cm³/mol. The van der Waals surface area contributed by atoms with Crippen LogP contribution in [0.1, 0.15) is 18.6 Å². The molecule has 0 radical (unpaired) electrons. The number of ether oxygens (including phenoxy) is 1. The molecule has 2 aromatic rings. The van der Waals surface area contributed by atoms with Crippen LogP contribution in [0.2, 0.25) is 0 Å². The topological polar surface area (TPSA) is 98.5 Å². The Morgan fingerprint density at radius 1 is 1.24 bits per heavy atom. The quantitative estimate of drug-likeness (QED) is 0.485. The fourth-order valence-corrected chi connectivity index (χ4v) is 2.27. The van der Waals surface area contributed by atoms with E-state index in [0.717, 1.165) is 10.8 Å². The van der Waals surface area contributed by atoms with Crippen LogP contribution in [0.3, 0.4) is 0 Å². The molecule has 6 nitrogen and oxygen atoms in total. The van der Waals surface area contributed by atoms with Gasteiger partial charge in [0.15, 0.2) is 0 Å². The second kappa shape index (κ2) is 6.95. The van der Waals surface area contributed by atoms with Gasteiger partial charge in [0.2, 0.25) is 0 Å². The minimum atomic E-state index is -1.19. The van der Waals surface area contributed by atoms with E-state index in [0.29, 0.717) is 17.9 Å². The monoisotopic (exact) mass is 287 g/mol. The molecule has 0 aliphatic carbocycles. The summed E-state index contributed by atoms with van der Waals surface area (Å²) in [4.78, 5) is 2.60. The summed E-state index contributed by atoms with van der Waals surface area (Å²) in [5.74, 6) is 0.517. The Labute approximate surface area is 122 Å². The number of rotatable bonds is 6. The van der Waals surface area contributed by atoms with E-state index in [1.165, 1.54) is 0 Å². The average Bonchev–Trinajstić information content (AvgIpc) is 2.52. The molecule has 0 aliphatic heterocycles. The molecule has 110 valence electrons. The van der Waals surface area contributed by atoms with Gasteiger partial charge in [0, 0.05) is 10.5 Å². The zero-order chi connectivity index (χ0) is 15.2. The van der Waals surface area contributed by atoms with Crippen molar-refractivity contribution < 1.29 is 14.9 Å². The van der Waals surface area contributed by atoms with E-state index < -0.39 is 12.2 Å². The minimum absolute atomic E-state index is 0.202. The van der Waals surface area contributed by atoms with Crippen LogP contribution in [0.5, 0.6) is 5.75 Å². The smallest absolute Gasteiger partial charge is 0.125 e. The second-order valence-electron chi connectivity index (χ2n) is 4.56. The van der Waals surface area contributed by atoms with Crippen molar-refractivity contribution in [2.24, 2.45) is 5.11 Å². The number of nitrogens with zero attached hydrogens (tertiary/aromatic N) is 3. The zero-order valence-electron chi connectivity index (χ0n) is 11.7. The van der Waals surface area contributed by atoms with Crippen LogP contribution in [0, 0.1) is 0 Å². The normalized spacial score (nSPS) is 13.5. The molecule has 2 rings (SSSR count). The number of azide groups is 1. The summed E-state index contributed by atoms with van der Waals surface area (Å²) >= 11 is 0. The summed E-state index contributed by atoms with van der Waals surface area (Å²) in [5.41, 5.74) is 8.83. The van der Waals surface area contributed by atoms with E-state index in [2.05, 4.69) is 10.0 Å². The third-order valence-electron chi connectivity index (χ3n) is 3.22. The number of hydrogen-bond acceptors (Lipinski definition) is 4. The van der Waals surface area contributed by atoms with Crippen LogP contribution in [0.15, 0.2) is 41.5 Å². The van der Waals surface area contributed by atoms with Gasteiger partial charge >= 0.3 is 0 Å². The lowest BCUT2D eigenvalue weighted by atomic mass is 9.96. The summed E-state index contributed by atoms with van der Waals surface area (Å²) in [7, 11) is 0. The molecule has 0 saturated heterocycles. The molecule has 0 saturated carbocycles. The molecular formula is C15H17N3O3. The Kier molecular flexibility index (Phi) is 5.00. The van der Waals surface area contributed by atoms with Gasteiger partial charge in [-0.1, -0.05) is 35.4 Å². The molecule has 2 aromatic carbocycles. The molecular weight excluding hydrogens is 270 g/mol. The number of hydrogen-bond donors (Lipinski definition) is 2.